The minimum atomic E-state index is -0.0322. The number of hydrogen-bond acceptors (Lipinski definition) is 5. The van der Waals surface area contributed by atoms with Gasteiger partial charge in [-0.25, -0.2) is 0 Å². The van der Waals surface area contributed by atoms with Crippen molar-refractivity contribution in [3.63, 3.8) is 0 Å². The molecule has 2 aliphatic rings. The van der Waals surface area contributed by atoms with E-state index in [1.807, 2.05) is 49.1 Å². The number of likely N-dealkylation sites (N-methyl/N-ethyl adjacent to an activating group) is 1. The first-order valence-corrected chi connectivity index (χ1v) is 12.1. The molecule has 2 amide bonds. The molecule has 0 saturated carbocycles. The Balaban J connectivity index is 1.59. The van der Waals surface area contributed by atoms with E-state index in [9.17, 15) is 9.59 Å². The van der Waals surface area contributed by atoms with E-state index in [0.29, 0.717) is 19.5 Å². The summed E-state index contributed by atoms with van der Waals surface area (Å²) >= 11 is 0. The number of hydrogen-bond donors (Lipinski definition) is 1. The van der Waals surface area contributed by atoms with Gasteiger partial charge in [-0.3, -0.25) is 9.59 Å². The Hall–Kier alpha value is -2.90. The number of ether oxygens (including phenoxy) is 1. The maximum absolute atomic E-state index is 13.1. The Morgan fingerprint density at radius 3 is 2.65 bits per heavy atom. The van der Waals surface area contributed by atoms with Crippen LogP contribution < -0.4 is 15.0 Å². The second-order valence-electron chi connectivity index (χ2n) is 9.56. The number of methoxy groups -OCH3 is 1. The number of fused-ring (bicyclic) bond motifs is 1. The lowest BCUT2D eigenvalue weighted by molar-refractivity contribution is -0.136. The van der Waals surface area contributed by atoms with E-state index in [1.54, 1.807) is 12.0 Å². The van der Waals surface area contributed by atoms with Crippen molar-refractivity contribution in [1.29, 1.82) is 0 Å². The van der Waals surface area contributed by atoms with Crippen LogP contribution in [-0.2, 0) is 22.6 Å². The zero-order chi connectivity index (χ0) is 24.2. The topological polar surface area (TPSA) is 65.1 Å². The second-order valence-corrected chi connectivity index (χ2v) is 9.56. The van der Waals surface area contributed by atoms with Gasteiger partial charge in [0.1, 0.15) is 5.75 Å². The molecule has 7 heteroatoms. The van der Waals surface area contributed by atoms with E-state index < -0.39 is 0 Å². The lowest BCUT2D eigenvalue weighted by Gasteiger charge is -2.42. The number of nitrogens with one attached hydrogen (secondary N) is 1. The normalized spacial score (nSPS) is 20.4. The highest BCUT2D eigenvalue weighted by atomic mass is 16.5. The van der Waals surface area contributed by atoms with Crippen LogP contribution in [0, 0.1) is 0 Å². The van der Waals surface area contributed by atoms with Crippen LogP contribution in [0.5, 0.6) is 5.75 Å². The molecule has 2 aromatic rings. The highest BCUT2D eigenvalue weighted by Crippen LogP contribution is 2.35. The highest BCUT2D eigenvalue weighted by molar-refractivity contribution is 5.96. The molecule has 0 aromatic heterocycles. The van der Waals surface area contributed by atoms with E-state index in [2.05, 4.69) is 29.6 Å². The minimum Gasteiger partial charge on any atom is -0.496 e. The Bertz CT molecular complexity index is 1020. The first kappa shape index (κ1) is 24.2. The average Bonchev–Trinajstić information content (AvgIpc) is 2.84. The Morgan fingerprint density at radius 1 is 1.18 bits per heavy atom. The summed E-state index contributed by atoms with van der Waals surface area (Å²) in [5, 5.41) is 3.74. The standard InChI is InChI=1S/C27H36N4O3/c1-29(2)18-26(33)31-14-8-11-22(27(31)19-9-6-5-7-10-19)28-17-21-15-23-20(16-24(21)34-4)12-13-25(32)30(23)3/h5-7,9-10,15-16,22,27-28H,8,11-14,17-18H2,1-4H3/t22-,27-/m0/s1. The van der Waals surface area contributed by atoms with Crippen LogP contribution in [-0.4, -0.2) is 69.0 Å². The summed E-state index contributed by atoms with van der Waals surface area (Å²) in [6.07, 6.45) is 3.21. The molecule has 0 bridgehead atoms. The van der Waals surface area contributed by atoms with E-state index in [0.717, 1.165) is 53.9 Å². The zero-order valence-corrected chi connectivity index (χ0v) is 20.7. The average molecular weight is 465 g/mol. The molecule has 0 unspecified atom stereocenters. The predicted octanol–water partition coefficient (Wildman–Crippen LogP) is 2.99. The molecule has 1 N–H and O–H groups in total. The number of amides is 2. The molecule has 182 valence electrons. The lowest BCUT2D eigenvalue weighted by Crippen LogP contribution is -2.52. The van der Waals surface area contributed by atoms with Crippen LogP contribution in [0.15, 0.2) is 42.5 Å². The third-order valence-corrected chi connectivity index (χ3v) is 6.92. The van der Waals surface area contributed by atoms with Gasteiger partial charge in [0.2, 0.25) is 11.8 Å². The number of rotatable bonds is 7. The molecular formula is C27H36N4O3. The molecule has 0 aliphatic carbocycles. The van der Waals surface area contributed by atoms with Crippen LogP contribution in [0.2, 0.25) is 0 Å². The summed E-state index contributed by atoms with van der Waals surface area (Å²) in [7, 11) is 7.39. The Morgan fingerprint density at radius 2 is 1.94 bits per heavy atom. The van der Waals surface area contributed by atoms with Gasteiger partial charge in [0.15, 0.2) is 0 Å². The van der Waals surface area contributed by atoms with Crippen LogP contribution in [0.4, 0.5) is 5.69 Å². The maximum atomic E-state index is 13.1. The second kappa shape index (κ2) is 10.6. The van der Waals surface area contributed by atoms with Gasteiger partial charge in [-0.15, -0.1) is 0 Å². The van der Waals surface area contributed by atoms with Crippen molar-refractivity contribution in [1.82, 2.24) is 15.1 Å². The molecule has 1 saturated heterocycles. The van der Waals surface area contributed by atoms with Crippen LogP contribution in [0.25, 0.3) is 0 Å². The first-order valence-electron chi connectivity index (χ1n) is 12.1. The number of anilines is 1. The lowest BCUT2D eigenvalue weighted by atomic mass is 9.89. The van der Waals surface area contributed by atoms with Crippen LogP contribution in [0.3, 0.4) is 0 Å². The Kier molecular flexibility index (Phi) is 7.54. The van der Waals surface area contributed by atoms with Crippen LogP contribution in [0.1, 0.15) is 42.0 Å². The number of carbonyl (C=O) groups is 2. The fourth-order valence-electron chi connectivity index (χ4n) is 5.19. The van der Waals surface area contributed by atoms with Crippen molar-refractivity contribution in [3.05, 3.63) is 59.2 Å². The van der Waals surface area contributed by atoms with E-state index in [-0.39, 0.29) is 23.9 Å². The molecular weight excluding hydrogens is 428 g/mol. The number of piperidine rings is 1. The monoisotopic (exact) mass is 464 g/mol. The van der Waals surface area contributed by atoms with E-state index in [1.165, 1.54) is 0 Å². The van der Waals surface area contributed by atoms with Crippen molar-refractivity contribution >= 4 is 17.5 Å². The highest BCUT2D eigenvalue weighted by Gasteiger charge is 2.35. The number of aryl methyl sites for hydroxylation is 1. The van der Waals surface area contributed by atoms with E-state index >= 15 is 0 Å². The van der Waals surface area contributed by atoms with Crippen molar-refractivity contribution < 1.29 is 14.3 Å². The van der Waals surface area contributed by atoms with Crippen molar-refractivity contribution in [2.75, 3.05) is 46.2 Å². The van der Waals surface area contributed by atoms with E-state index in [4.69, 9.17) is 4.74 Å². The van der Waals surface area contributed by atoms with Gasteiger partial charge in [-0.2, -0.15) is 0 Å². The van der Waals surface area contributed by atoms with Crippen molar-refractivity contribution in [2.24, 2.45) is 0 Å². The smallest absolute Gasteiger partial charge is 0.237 e. The largest absolute Gasteiger partial charge is 0.496 e. The molecule has 2 aromatic carbocycles. The van der Waals surface area contributed by atoms with Crippen LogP contribution >= 0.6 is 0 Å². The fourth-order valence-corrected chi connectivity index (χ4v) is 5.19. The molecule has 2 atom stereocenters. The minimum absolute atomic E-state index is 0.0322. The fraction of sp³-hybridized carbons (Fsp3) is 0.481. The summed E-state index contributed by atoms with van der Waals surface area (Å²) in [6.45, 7) is 1.76. The maximum Gasteiger partial charge on any atom is 0.237 e. The first-order chi connectivity index (χ1) is 16.4. The SMILES string of the molecule is COc1cc2c(cc1CN[C@H]1CCCN(C(=O)CN(C)C)[C@H]1c1ccccc1)N(C)C(=O)CC2. The summed E-state index contributed by atoms with van der Waals surface area (Å²) in [4.78, 5) is 31.1. The van der Waals surface area contributed by atoms with Gasteiger partial charge in [0.25, 0.3) is 0 Å². The summed E-state index contributed by atoms with van der Waals surface area (Å²) in [5.74, 6) is 1.13. The van der Waals surface area contributed by atoms with Gasteiger partial charge in [0, 0.05) is 43.9 Å². The summed E-state index contributed by atoms with van der Waals surface area (Å²) in [5.41, 5.74) is 4.27. The molecule has 7 nitrogen and oxygen atoms in total. The van der Waals surface area contributed by atoms with Crippen molar-refractivity contribution in [3.8, 4) is 5.75 Å². The van der Waals surface area contributed by atoms with Gasteiger partial charge in [0.05, 0.1) is 19.7 Å². The summed E-state index contributed by atoms with van der Waals surface area (Å²) < 4.78 is 5.71. The van der Waals surface area contributed by atoms with Gasteiger partial charge in [-0.1, -0.05) is 30.3 Å². The van der Waals surface area contributed by atoms with Crippen molar-refractivity contribution in [2.45, 2.75) is 44.3 Å². The summed E-state index contributed by atoms with van der Waals surface area (Å²) in [6, 6.07) is 14.5. The zero-order valence-electron chi connectivity index (χ0n) is 20.7. The number of nitrogens with zero attached hydrogens (tertiary/aromatic N) is 3. The molecule has 4 rings (SSSR count). The molecule has 0 radical (unpaired) electrons. The number of likely N-dealkylation sites (tertiary alicyclic amines) is 1. The van der Waals surface area contributed by atoms with Gasteiger partial charge >= 0.3 is 0 Å². The quantitative estimate of drug-likeness (QED) is 0.683. The van der Waals surface area contributed by atoms with Gasteiger partial charge < -0.3 is 24.8 Å². The predicted molar refractivity (Wildman–Crippen MR) is 134 cm³/mol. The third kappa shape index (κ3) is 5.10. The molecule has 34 heavy (non-hydrogen) atoms. The molecule has 2 aliphatic heterocycles. The molecule has 2 heterocycles. The van der Waals surface area contributed by atoms with Gasteiger partial charge in [-0.05, 0) is 56.6 Å². The molecule has 0 spiro atoms. The number of benzene rings is 2. The number of carbonyl (C=O) groups excluding carboxylic acids is 2. The molecule has 1 fully saturated rings. The third-order valence-electron chi connectivity index (χ3n) is 6.92. The Labute approximate surface area is 202 Å².